The summed E-state index contributed by atoms with van der Waals surface area (Å²) < 4.78 is 1.50. The third kappa shape index (κ3) is 5.02. The fourth-order valence-electron chi connectivity index (χ4n) is 1.59. The van der Waals surface area contributed by atoms with Gasteiger partial charge in [-0.2, -0.15) is 0 Å². The third-order valence-electron chi connectivity index (χ3n) is 2.69. The van der Waals surface area contributed by atoms with Crippen LogP contribution in [0.5, 0.6) is 0 Å². The zero-order valence-electron chi connectivity index (χ0n) is 12.8. The van der Waals surface area contributed by atoms with Gasteiger partial charge >= 0.3 is 0 Å². The van der Waals surface area contributed by atoms with E-state index in [9.17, 15) is 14.9 Å². The normalized spacial score (nSPS) is 11.0. The molecule has 0 spiro atoms. The molecule has 122 valence electrons. The van der Waals surface area contributed by atoms with Crippen LogP contribution in [0.3, 0.4) is 0 Å². The number of hydrogen-bond donors (Lipinski definition) is 0. The minimum atomic E-state index is -0.482. The van der Waals surface area contributed by atoms with Gasteiger partial charge in [0.25, 0.3) is 5.69 Å². The number of benzene rings is 1. The Labute approximate surface area is 146 Å². The Balaban J connectivity index is 2.19. The molecule has 2 aromatic rings. The largest absolute Gasteiger partial charge is 0.295 e. The Hall–Kier alpha value is -1.45. The van der Waals surface area contributed by atoms with E-state index in [2.05, 4.69) is 24.0 Å². The summed E-state index contributed by atoms with van der Waals surface area (Å²) in [6.07, 6.45) is 0. The molecule has 0 radical (unpaired) electrons. The van der Waals surface area contributed by atoms with Gasteiger partial charge in [0.05, 0.1) is 9.82 Å². The molecule has 1 heterocycles. The minimum absolute atomic E-state index is 0.0886. The molecule has 6 nitrogen and oxygen atoms in total. The lowest BCUT2D eigenvalue weighted by atomic mass is 10.1. The highest BCUT2D eigenvalue weighted by atomic mass is 32.2. The number of carbonyl (C=O) groups is 1. The number of hydrogen-bond acceptors (Lipinski definition) is 8. The molecule has 0 saturated heterocycles. The molecule has 0 N–H and O–H groups in total. The van der Waals surface area contributed by atoms with Crippen molar-refractivity contribution in [2.75, 3.05) is 5.75 Å². The van der Waals surface area contributed by atoms with E-state index in [1.807, 2.05) is 0 Å². The number of Topliss-reactive ketones (excluding diaryl/α,β-unsaturated/α-hetero) is 1. The predicted octanol–water partition coefficient (Wildman–Crippen LogP) is 4.55. The number of nitro benzene ring substituents is 1. The molecule has 0 aliphatic carbocycles. The maximum Gasteiger partial charge on any atom is 0.284 e. The molecule has 1 aromatic carbocycles. The molecule has 0 saturated carbocycles. The van der Waals surface area contributed by atoms with Gasteiger partial charge in [0.2, 0.25) is 0 Å². The molecule has 0 unspecified atom stereocenters. The average molecular weight is 369 g/mol. The maximum absolute atomic E-state index is 11.4. The van der Waals surface area contributed by atoms with Gasteiger partial charge in [0.1, 0.15) is 0 Å². The van der Waals surface area contributed by atoms with E-state index < -0.39 is 4.92 Å². The lowest BCUT2D eigenvalue weighted by molar-refractivity contribution is -0.387. The summed E-state index contributed by atoms with van der Waals surface area (Å²) in [7, 11) is 0. The van der Waals surface area contributed by atoms with Crippen LogP contribution in [0.1, 0.15) is 31.1 Å². The number of carbonyl (C=O) groups excluding carboxylic acids is 1. The summed E-state index contributed by atoms with van der Waals surface area (Å²) >= 11 is 4.24. The zero-order valence-corrected chi connectivity index (χ0v) is 15.3. The molecule has 0 aliphatic heterocycles. The Morgan fingerprint density at radius 3 is 2.65 bits per heavy atom. The molecule has 0 aliphatic rings. The number of thioether (sulfide) groups is 1. The van der Waals surface area contributed by atoms with Crippen LogP contribution in [0.2, 0.25) is 0 Å². The molecule has 0 fully saturated rings. The van der Waals surface area contributed by atoms with E-state index in [4.69, 9.17) is 0 Å². The first kappa shape index (κ1) is 17.9. The Morgan fingerprint density at radius 2 is 2.04 bits per heavy atom. The van der Waals surface area contributed by atoms with Gasteiger partial charge in [-0.25, -0.2) is 0 Å². The minimum Gasteiger partial charge on any atom is -0.295 e. The topological polar surface area (TPSA) is 86.0 Å². The summed E-state index contributed by atoms with van der Waals surface area (Å²) in [5, 5.41) is 19.4. The van der Waals surface area contributed by atoms with Crippen molar-refractivity contribution in [2.24, 2.45) is 5.92 Å². The van der Waals surface area contributed by atoms with E-state index in [1.54, 1.807) is 23.9 Å². The van der Waals surface area contributed by atoms with Crippen molar-refractivity contribution in [1.29, 1.82) is 0 Å². The summed E-state index contributed by atoms with van der Waals surface area (Å²) in [5.74, 6) is 1.31. The van der Waals surface area contributed by atoms with Crippen LogP contribution in [0.15, 0.2) is 31.8 Å². The van der Waals surface area contributed by atoms with Crippen LogP contribution in [0, 0.1) is 16.0 Å². The predicted molar refractivity (Wildman–Crippen MR) is 92.7 cm³/mol. The molecule has 0 atom stereocenters. The lowest BCUT2D eigenvalue weighted by Crippen LogP contribution is -1.96. The maximum atomic E-state index is 11.4. The number of nitrogens with zero attached hydrogens (tertiary/aromatic N) is 3. The molecule has 1 aromatic heterocycles. The fourth-order valence-corrected chi connectivity index (χ4v) is 4.63. The van der Waals surface area contributed by atoms with Gasteiger partial charge in [-0.15, -0.1) is 10.2 Å². The molecule has 9 heteroatoms. The van der Waals surface area contributed by atoms with Gasteiger partial charge in [0, 0.05) is 17.4 Å². The second kappa shape index (κ2) is 7.89. The Kier molecular flexibility index (Phi) is 6.14. The number of nitro groups is 1. The first-order chi connectivity index (χ1) is 10.9. The number of ketones is 1. The van der Waals surface area contributed by atoms with Gasteiger partial charge in [0.15, 0.2) is 14.5 Å². The molecule has 0 amide bonds. The van der Waals surface area contributed by atoms with Crippen LogP contribution in [-0.2, 0) is 0 Å². The van der Waals surface area contributed by atoms with Crippen molar-refractivity contribution in [3.63, 3.8) is 0 Å². The molecule has 23 heavy (non-hydrogen) atoms. The van der Waals surface area contributed by atoms with E-state index in [0.29, 0.717) is 20.7 Å². The average Bonchev–Trinajstić information content (AvgIpc) is 2.92. The lowest BCUT2D eigenvalue weighted by Gasteiger charge is -2.02. The number of rotatable bonds is 7. The van der Waals surface area contributed by atoms with Crippen molar-refractivity contribution in [1.82, 2.24) is 10.2 Å². The van der Waals surface area contributed by atoms with Crippen LogP contribution in [0.4, 0.5) is 5.69 Å². The molecular formula is C14H15N3O3S3. The van der Waals surface area contributed by atoms with Gasteiger partial charge in [-0.3, -0.25) is 14.9 Å². The molecule has 2 rings (SSSR count). The monoisotopic (exact) mass is 369 g/mol. The molecular weight excluding hydrogens is 354 g/mol. The Morgan fingerprint density at radius 1 is 1.35 bits per heavy atom. The van der Waals surface area contributed by atoms with Crippen LogP contribution >= 0.6 is 34.9 Å². The SMILES string of the molecule is CC(=O)c1ccc(Sc2nnc(SCC(C)C)s2)c([N+](=O)[O-])c1. The second-order valence-corrected chi connectivity index (χ2v) is 8.67. The fraction of sp³-hybridized carbons (Fsp3) is 0.357. The smallest absolute Gasteiger partial charge is 0.284 e. The van der Waals surface area contributed by atoms with Gasteiger partial charge in [-0.1, -0.05) is 48.7 Å². The van der Waals surface area contributed by atoms with Crippen LogP contribution < -0.4 is 0 Å². The van der Waals surface area contributed by atoms with Gasteiger partial charge < -0.3 is 0 Å². The van der Waals surface area contributed by atoms with Crippen LogP contribution in [0.25, 0.3) is 0 Å². The van der Waals surface area contributed by atoms with Crippen molar-refractivity contribution < 1.29 is 9.72 Å². The van der Waals surface area contributed by atoms with Crippen molar-refractivity contribution in [3.05, 3.63) is 33.9 Å². The van der Waals surface area contributed by atoms with Crippen molar-refractivity contribution in [3.8, 4) is 0 Å². The highest BCUT2D eigenvalue weighted by Crippen LogP contribution is 2.38. The van der Waals surface area contributed by atoms with E-state index in [0.717, 1.165) is 10.1 Å². The summed E-state index contributed by atoms with van der Waals surface area (Å²) in [6, 6.07) is 4.48. The van der Waals surface area contributed by atoms with Crippen LogP contribution in [-0.4, -0.2) is 26.7 Å². The summed E-state index contributed by atoms with van der Waals surface area (Å²) in [4.78, 5) is 22.6. The molecule has 0 bridgehead atoms. The summed E-state index contributed by atoms with van der Waals surface area (Å²) in [5.41, 5.74) is 0.237. The van der Waals surface area contributed by atoms with E-state index in [-0.39, 0.29) is 11.5 Å². The first-order valence-electron chi connectivity index (χ1n) is 6.80. The Bertz CT molecular complexity index is 731. The second-order valence-electron chi connectivity index (χ2n) is 5.14. The third-order valence-corrected chi connectivity index (χ3v) is 6.29. The highest BCUT2D eigenvalue weighted by Gasteiger charge is 2.19. The van der Waals surface area contributed by atoms with Gasteiger partial charge in [-0.05, 0) is 25.0 Å². The first-order valence-corrected chi connectivity index (χ1v) is 9.42. The van der Waals surface area contributed by atoms with E-state index >= 15 is 0 Å². The standard InChI is InChI=1S/C14H15N3O3S3/c1-8(2)7-21-13-15-16-14(23-13)22-12-5-4-10(9(3)18)6-11(12)17(19)20/h4-6,8H,7H2,1-3H3. The quantitative estimate of drug-likeness (QED) is 0.306. The van der Waals surface area contributed by atoms with Crippen molar-refractivity contribution in [2.45, 2.75) is 34.3 Å². The number of aromatic nitrogens is 2. The highest BCUT2D eigenvalue weighted by molar-refractivity contribution is 8.03. The summed E-state index contributed by atoms with van der Waals surface area (Å²) in [6.45, 7) is 5.64. The van der Waals surface area contributed by atoms with Crippen molar-refractivity contribution >= 4 is 46.3 Å². The van der Waals surface area contributed by atoms with E-state index in [1.165, 1.54) is 36.1 Å². The zero-order chi connectivity index (χ0) is 17.0.